The Balaban J connectivity index is 2.03. The average molecular weight is 276 g/mol. The van der Waals surface area contributed by atoms with Crippen LogP contribution in [0.25, 0.3) is 31.4 Å². The highest BCUT2D eigenvalue weighted by molar-refractivity contribution is 7.25. The predicted molar refractivity (Wildman–Crippen MR) is 85.1 cm³/mol. The van der Waals surface area contributed by atoms with Crippen LogP contribution in [-0.4, -0.2) is 9.97 Å². The third-order valence-electron chi connectivity index (χ3n) is 3.55. The molecule has 0 spiro atoms. The van der Waals surface area contributed by atoms with Crippen LogP contribution >= 0.6 is 11.3 Å². The Morgan fingerprint density at radius 1 is 0.900 bits per heavy atom. The van der Waals surface area contributed by atoms with Crippen LogP contribution in [0.15, 0.2) is 54.9 Å². The topological polar surface area (TPSA) is 25.8 Å². The van der Waals surface area contributed by atoms with Crippen LogP contribution in [0.5, 0.6) is 0 Å². The lowest BCUT2D eigenvalue weighted by Crippen LogP contribution is -1.88. The van der Waals surface area contributed by atoms with Crippen LogP contribution in [0.2, 0.25) is 0 Å². The van der Waals surface area contributed by atoms with Gasteiger partial charge < -0.3 is 0 Å². The first kappa shape index (κ1) is 11.6. The van der Waals surface area contributed by atoms with Crippen LogP contribution in [-0.2, 0) is 0 Å². The van der Waals surface area contributed by atoms with Crippen LogP contribution < -0.4 is 0 Å². The highest BCUT2D eigenvalue weighted by Crippen LogP contribution is 2.35. The van der Waals surface area contributed by atoms with Gasteiger partial charge >= 0.3 is 0 Å². The van der Waals surface area contributed by atoms with E-state index in [0.29, 0.717) is 0 Å². The number of nitrogens with zero attached hydrogens (tertiary/aromatic N) is 2. The summed E-state index contributed by atoms with van der Waals surface area (Å²) in [6, 6.07) is 14.7. The Morgan fingerprint density at radius 3 is 2.70 bits per heavy atom. The molecule has 3 heteroatoms. The largest absolute Gasteiger partial charge is 0.261 e. The van der Waals surface area contributed by atoms with Crippen molar-refractivity contribution in [2.75, 3.05) is 0 Å². The summed E-state index contributed by atoms with van der Waals surface area (Å²) in [6.45, 7) is 2.02. The zero-order chi connectivity index (χ0) is 13.5. The molecule has 0 bridgehead atoms. The Morgan fingerprint density at radius 2 is 1.80 bits per heavy atom. The van der Waals surface area contributed by atoms with E-state index < -0.39 is 0 Å². The second-order valence-corrected chi connectivity index (χ2v) is 5.88. The number of rotatable bonds is 1. The van der Waals surface area contributed by atoms with Crippen LogP contribution in [0.4, 0.5) is 0 Å². The summed E-state index contributed by atoms with van der Waals surface area (Å²) in [5, 5.41) is 2.58. The zero-order valence-corrected chi connectivity index (χ0v) is 11.8. The molecule has 0 unspecified atom stereocenters. The highest BCUT2D eigenvalue weighted by Gasteiger charge is 2.09. The summed E-state index contributed by atoms with van der Waals surface area (Å²) in [6.07, 6.45) is 3.79. The van der Waals surface area contributed by atoms with Crippen LogP contribution in [0.3, 0.4) is 0 Å². The minimum Gasteiger partial charge on any atom is -0.261 e. The fourth-order valence-corrected chi connectivity index (χ4v) is 3.59. The molecule has 0 aliphatic rings. The second kappa shape index (κ2) is 4.39. The SMILES string of the molecule is Cc1ncccc1-c1cc2c(cn1)sc1ccccc12. The first-order valence-corrected chi connectivity index (χ1v) is 7.34. The molecule has 0 atom stereocenters. The van der Waals surface area contributed by atoms with Crippen molar-refractivity contribution in [3.8, 4) is 11.3 Å². The van der Waals surface area contributed by atoms with E-state index >= 15 is 0 Å². The van der Waals surface area contributed by atoms with E-state index in [1.54, 1.807) is 11.3 Å². The fourth-order valence-electron chi connectivity index (χ4n) is 2.53. The molecule has 1 aromatic carbocycles. The van der Waals surface area contributed by atoms with Gasteiger partial charge in [-0.25, -0.2) is 0 Å². The van der Waals surface area contributed by atoms with Crippen LogP contribution in [0, 0.1) is 6.92 Å². The standard InChI is InChI=1S/C17H12N2S/c1-11-12(6-4-8-18-11)15-9-14-13-5-2-3-7-16(13)20-17(14)10-19-15/h2-10H,1H3. The molecular formula is C17H12N2S. The quantitative estimate of drug-likeness (QED) is 0.498. The van der Waals surface area contributed by atoms with E-state index in [1.807, 2.05) is 25.4 Å². The number of benzene rings is 1. The Bertz CT molecular complexity index is 924. The highest BCUT2D eigenvalue weighted by atomic mass is 32.1. The number of hydrogen-bond donors (Lipinski definition) is 0. The molecule has 0 saturated heterocycles. The fraction of sp³-hybridized carbons (Fsp3) is 0.0588. The molecule has 20 heavy (non-hydrogen) atoms. The van der Waals surface area contributed by atoms with Gasteiger partial charge in [-0.1, -0.05) is 18.2 Å². The third kappa shape index (κ3) is 1.71. The normalized spacial score (nSPS) is 11.2. The molecule has 0 aliphatic carbocycles. The summed E-state index contributed by atoms with van der Waals surface area (Å²) in [5.41, 5.74) is 3.11. The van der Waals surface area contributed by atoms with Gasteiger partial charge in [-0.2, -0.15) is 0 Å². The average Bonchev–Trinajstić information content (AvgIpc) is 2.85. The van der Waals surface area contributed by atoms with Gasteiger partial charge in [0.1, 0.15) is 0 Å². The summed E-state index contributed by atoms with van der Waals surface area (Å²) in [4.78, 5) is 8.95. The molecule has 0 N–H and O–H groups in total. The van der Waals surface area contributed by atoms with Gasteiger partial charge in [-0.15, -0.1) is 11.3 Å². The Kier molecular flexibility index (Phi) is 2.54. The second-order valence-electron chi connectivity index (χ2n) is 4.80. The lowest BCUT2D eigenvalue weighted by molar-refractivity contribution is 1.19. The van der Waals surface area contributed by atoms with Gasteiger partial charge in [-0.05, 0) is 31.2 Å². The van der Waals surface area contributed by atoms with Crippen molar-refractivity contribution < 1.29 is 0 Å². The number of aryl methyl sites for hydroxylation is 1. The van der Waals surface area contributed by atoms with E-state index in [-0.39, 0.29) is 0 Å². The molecule has 0 radical (unpaired) electrons. The molecule has 0 amide bonds. The molecule has 0 fully saturated rings. The molecule has 0 saturated carbocycles. The maximum Gasteiger partial charge on any atom is 0.0727 e. The van der Waals surface area contributed by atoms with Crippen molar-refractivity contribution in [3.63, 3.8) is 0 Å². The van der Waals surface area contributed by atoms with Gasteiger partial charge in [-0.3, -0.25) is 9.97 Å². The van der Waals surface area contributed by atoms with Crippen molar-refractivity contribution in [2.24, 2.45) is 0 Å². The first-order chi connectivity index (χ1) is 9.83. The van der Waals surface area contributed by atoms with Crippen molar-refractivity contribution in [1.82, 2.24) is 9.97 Å². The molecule has 4 aromatic rings. The van der Waals surface area contributed by atoms with Gasteiger partial charge in [0, 0.05) is 39.1 Å². The van der Waals surface area contributed by atoms with E-state index in [9.17, 15) is 0 Å². The minimum atomic E-state index is 0.992. The maximum absolute atomic E-state index is 4.60. The lowest BCUT2D eigenvalue weighted by atomic mass is 10.1. The zero-order valence-electron chi connectivity index (χ0n) is 11.0. The predicted octanol–water partition coefficient (Wildman–Crippen LogP) is 4.82. The number of aromatic nitrogens is 2. The van der Waals surface area contributed by atoms with Gasteiger partial charge in [0.15, 0.2) is 0 Å². The van der Waals surface area contributed by atoms with E-state index in [2.05, 4.69) is 46.4 Å². The number of hydrogen-bond acceptors (Lipinski definition) is 3. The molecule has 2 nitrogen and oxygen atoms in total. The number of pyridine rings is 2. The van der Waals surface area contributed by atoms with Crippen LogP contribution in [0.1, 0.15) is 5.69 Å². The number of thiophene rings is 1. The van der Waals surface area contributed by atoms with E-state index in [0.717, 1.165) is 17.0 Å². The molecule has 3 heterocycles. The number of fused-ring (bicyclic) bond motifs is 3. The molecule has 96 valence electrons. The van der Waals surface area contributed by atoms with Crippen molar-refractivity contribution >= 4 is 31.5 Å². The summed E-state index contributed by atoms with van der Waals surface area (Å²) in [7, 11) is 0. The van der Waals surface area contributed by atoms with Crippen molar-refractivity contribution in [1.29, 1.82) is 0 Å². The lowest BCUT2D eigenvalue weighted by Gasteiger charge is -2.04. The van der Waals surface area contributed by atoms with Crippen molar-refractivity contribution in [3.05, 3.63) is 60.6 Å². The summed E-state index contributed by atoms with van der Waals surface area (Å²) in [5.74, 6) is 0. The van der Waals surface area contributed by atoms with Gasteiger partial charge in [0.05, 0.1) is 10.4 Å². The molecular weight excluding hydrogens is 264 g/mol. The van der Waals surface area contributed by atoms with E-state index in [1.165, 1.54) is 20.2 Å². The third-order valence-corrected chi connectivity index (χ3v) is 4.67. The Labute approximate surface area is 120 Å². The Hall–Kier alpha value is -2.26. The molecule has 3 aromatic heterocycles. The van der Waals surface area contributed by atoms with Crippen molar-refractivity contribution in [2.45, 2.75) is 6.92 Å². The molecule has 0 aliphatic heterocycles. The van der Waals surface area contributed by atoms with Gasteiger partial charge in [0.25, 0.3) is 0 Å². The monoisotopic (exact) mass is 276 g/mol. The smallest absolute Gasteiger partial charge is 0.0727 e. The summed E-state index contributed by atoms with van der Waals surface area (Å²) < 4.78 is 2.54. The minimum absolute atomic E-state index is 0.992. The molecule has 4 rings (SSSR count). The van der Waals surface area contributed by atoms with E-state index in [4.69, 9.17) is 0 Å². The first-order valence-electron chi connectivity index (χ1n) is 6.52. The van der Waals surface area contributed by atoms with Gasteiger partial charge in [0.2, 0.25) is 0 Å². The maximum atomic E-state index is 4.60. The summed E-state index contributed by atoms with van der Waals surface area (Å²) >= 11 is 1.79.